The Balaban J connectivity index is 1.56. The van der Waals surface area contributed by atoms with E-state index in [2.05, 4.69) is 48.7 Å². The molecule has 0 radical (unpaired) electrons. The number of rotatable bonds is 7. The van der Waals surface area contributed by atoms with Crippen LogP contribution >= 0.6 is 0 Å². The van der Waals surface area contributed by atoms with Crippen LogP contribution in [0.2, 0.25) is 0 Å². The summed E-state index contributed by atoms with van der Waals surface area (Å²) in [7, 11) is 0. The van der Waals surface area contributed by atoms with Gasteiger partial charge in [0.15, 0.2) is 0 Å². The number of aryl methyl sites for hydroxylation is 1. The van der Waals surface area contributed by atoms with Crippen molar-refractivity contribution < 1.29 is 9.59 Å². The van der Waals surface area contributed by atoms with Crippen molar-refractivity contribution in [3.05, 3.63) is 65.2 Å². The fourth-order valence-corrected chi connectivity index (χ4v) is 3.84. The number of benzene rings is 2. The maximum atomic E-state index is 12.7. The van der Waals surface area contributed by atoms with Crippen molar-refractivity contribution in [3.63, 3.8) is 0 Å². The number of nitrogens with one attached hydrogen (secondary N) is 2. The quantitative estimate of drug-likeness (QED) is 0.659. The Hall–Kier alpha value is -2.62. The molecule has 0 atom stereocenters. The molecule has 154 valence electrons. The van der Waals surface area contributed by atoms with Crippen LogP contribution in [0.1, 0.15) is 79.8 Å². The molecule has 4 heteroatoms. The number of carbonyl (C=O) groups is 2. The highest BCUT2D eigenvalue weighted by molar-refractivity contribution is 6.03. The molecule has 2 amide bonds. The van der Waals surface area contributed by atoms with Gasteiger partial charge in [-0.15, -0.1) is 0 Å². The van der Waals surface area contributed by atoms with Gasteiger partial charge in [-0.25, -0.2) is 0 Å². The predicted octanol–water partition coefficient (Wildman–Crippen LogP) is 5.44. The molecule has 4 nitrogen and oxygen atoms in total. The van der Waals surface area contributed by atoms with Crippen LogP contribution in [-0.2, 0) is 11.2 Å². The van der Waals surface area contributed by atoms with Crippen LogP contribution in [0.4, 0.5) is 5.69 Å². The Morgan fingerprint density at radius 3 is 2.34 bits per heavy atom. The van der Waals surface area contributed by atoms with Gasteiger partial charge in [0.05, 0.1) is 11.3 Å². The van der Waals surface area contributed by atoms with Gasteiger partial charge in [-0.3, -0.25) is 9.59 Å². The number of para-hydroxylation sites is 1. The molecule has 0 heterocycles. The molecular weight excluding hydrogens is 360 g/mol. The van der Waals surface area contributed by atoms with Gasteiger partial charge >= 0.3 is 0 Å². The van der Waals surface area contributed by atoms with Crippen molar-refractivity contribution in [2.75, 3.05) is 5.32 Å². The van der Waals surface area contributed by atoms with Gasteiger partial charge in [-0.1, -0.05) is 69.5 Å². The maximum absolute atomic E-state index is 12.7. The molecule has 0 unspecified atom stereocenters. The lowest BCUT2D eigenvalue weighted by molar-refractivity contribution is -0.116. The van der Waals surface area contributed by atoms with Gasteiger partial charge in [0.25, 0.3) is 5.91 Å². The lowest BCUT2D eigenvalue weighted by Gasteiger charge is -2.23. The van der Waals surface area contributed by atoms with Gasteiger partial charge < -0.3 is 10.6 Å². The highest BCUT2D eigenvalue weighted by Crippen LogP contribution is 2.20. The Morgan fingerprint density at radius 2 is 1.66 bits per heavy atom. The van der Waals surface area contributed by atoms with Crippen LogP contribution < -0.4 is 10.6 Å². The van der Waals surface area contributed by atoms with E-state index >= 15 is 0 Å². The molecule has 1 aliphatic rings. The van der Waals surface area contributed by atoms with Crippen LogP contribution in [0, 0.1) is 0 Å². The smallest absolute Gasteiger partial charge is 0.253 e. The summed E-state index contributed by atoms with van der Waals surface area (Å²) >= 11 is 0. The number of anilines is 1. The minimum absolute atomic E-state index is 0.0733. The van der Waals surface area contributed by atoms with Crippen molar-refractivity contribution in [1.29, 1.82) is 0 Å². The Bertz CT molecular complexity index is 821. The summed E-state index contributed by atoms with van der Waals surface area (Å²) in [6.45, 7) is 4.34. The average molecular weight is 393 g/mol. The highest BCUT2D eigenvalue weighted by Gasteiger charge is 2.19. The van der Waals surface area contributed by atoms with E-state index in [1.54, 1.807) is 12.1 Å². The Labute approximate surface area is 174 Å². The lowest BCUT2D eigenvalue weighted by atomic mass is 9.95. The van der Waals surface area contributed by atoms with Gasteiger partial charge in [-0.2, -0.15) is 0 Å². The first-order valence-corrected chi connectivity index (χ1v) is 10.8. The summed E-state index contributed by atoms with van der Waals surface area (Å²) in [6.07, 6.45) is 6.73. The second kappa shape index (κ2) is 10.2. The first-order valence-electron chi connectivity index (χ1n) is 10.8. The zero-order valence-corrected chi connectivity index (χ0v) is 17.5. The number of hydrogen-bond donors (Lipinski definition) is 2. The summed E-state index contributed by atoms with van der Waals surface area (Å²) in [5, 5.41) is 6.06. The van der Waals surface area contributed by atoms with E-state index in [0.29, 0.717) is 30.0 Å². The molecule has 2 N–H and O–H groups in total. The number of amides is 2. The topological polar surface area (TPSA) is 58.2 Å². The molecule has 0 spiro atoms. The Morgan fingerprint density at radius 1 is 0.966 bits per heavy atom. The van der Waals surface area contributed by atoms with Crippen molar-refractivity contribution in [3.8, 4) is 0 Å². The summed E-state index contributed by atoms with van der Waals surface area (Å²) in [4.78, 5) is 25.2. The van der Waals surface area contributed by atoms with E-state index in [1.165, 1.54) is 24.8 Å². The molecule has 1 fully saturated rings. The third-order valence-electron chi connectivity index (χ3n) is 5.67. The van der Waals surface area contributed by atoms with E-state index in [9.17, 15) is 9.59 Å². The molecule has 1 saturated carbocycles. The van der Waals surface area contributed by atoms with Crippen molar-refractivity contribution in [2.45, 2.75) is 70.8 Å². The van der Waals surface area contributed by atoms with E-state index in [-0.39, 0.29) is 17.9 Å². The summed E-state index contributed by atoms with van der Waals surface area (Å²) in [5.74, 6) is 0.330. The summed E-state index contributed by atoms with van der Waals surface area (Å²) < 4.78 is 0. The van der Waals surface area contributed by atoms with Gasteiger partial charge in [0, 0.05) is 12.5 Å². The predicted molar refractivity (Wildman–Crippen MR) is 118 cm³/mol. The molecule has 1 aliphatic carbocycles. The second-order valence-electron chi connectivity index (χ2n) is 8.30. The standard InChI is InChI=1S/C25H32N2O2/c1-18(2)20-15-12-19(13-16-20)14-17-24(28)27-23-11-7-6-10-22(23)25(29)26-21-8-4-3-5-9-21/h6-7,10-13,15-16,18,21H,3-5,8-9,14,17H2,1-2H3,(H,26,29)(H,27,28). The summed E-state index contributed by atoms with van der Waals surface area (Å²) in [5.41, 5.74) is 3.57. The molecule has 0 aromatic heterocycles. The van der Waals surface area contributed by atoms with Gasteiger partial charge in [-0.05, 0) is 48.4 Å². The maximum Gasteiger partial charge on any atom is 0.253 e. The number of hydrogen-bond acceptors (Lipinski definition) is 2. The molecule has 29 heavy (non-hydrogen) atoms. The zero-order chi connectivity index (χ0) is 20.6. The van der Waals surface area contributed by atoms with E-state index in [1.807, 2.05) is 12.1 Å². The third-order valence-corrected chi connectivity index (χ3v) is 5.67. The summed E-state index contributed by atoms with van der Waals surface area (Å²) in [6, 6.07) is 15.9. The van der Waals surface area contributed by atoms with Crippen LogP contribution in [0.3, 0.4) is 0 Å². The third kappa shape index (κ3) is 6.18. The minimum atomic E-state index is -0.0999. The zero-order valence-electron chi connectivity index (χ0n) is 17.5. The van der Waals surface area contributed by atoms with E-state index in [4.69, 9.17) is 0 Å². The molecular formula is C25H32N2O2. The molecule has 0 aliphatic heterocycles. The molecule has 2 aromatic carbocycles. The average Bonchev–Trinajstić information content (AvgIpc) is 2.73. The Kier molecular flexibility index (Phi) is 7.45. The second-order valence-corrected chi connectivity index (χ2v) is 8.30. The fourth-order valence-electron chi connectivity index (χ4n) is 3.84. The highest BCUT2D eigenvalue weighted by atomic mass is 16.2. The van der Waals surface area contributed by atoms with Crippen molar-refractivity contribution in [1.82, 2.24) is 5.32 Å². The first kappa shape index (κ1) is 21.1. The SMILES string of the molecule is CC(C)c1ccc(CCC(=O)Nc2ccccc2C(=O)NC2CCCCC2)cc1. The molecule has 3 rings (SSSR count). The number of carbonyl (C=O) groups excluding carboxylic acids is 2. The van der Waals surface area contributed by atoms with Crippen LogP contribution in [0.25, 0.3) is 0 Å². The lowest BCUT2D eigenvalue weighted by Crippen LogP contribution is -2.36. The van der Waals surface area contributed by atoms with Gasteiger partial charge in [0.2, 0.25) is 5.91 Å². The largest absolute Gasteiger partial charge is 0.349 e. The van der Waals surface area contributed by atoms with Crippen molar-refractivity contribution >= 4 is 17.5 Å². The van der Waals surface area contributed by atoms with E-state index in [0.717, 1.165) is 18.4 Å². The van der Waals surface area contributed by atoms with Gasteiger partial charge in [0.1, 0.15) is 0 Å². The monoisotopic (exact) mass is 392 g/mol. The minimum Gasteiger partial charge on any atom is -0.349 e. The van der Waals surface area contributed by atoms with Crippen molar-refractivity contribution in [2.24, 2.45) is 0 Å². The molecule has 2 aromatic rings. The molecule has 0 bridgehead atoms. The van der Waals surface area contributed by atoms with Crippen LogP contribution in [0.5, 0.6) is 0 Å². The normalized spacial score (nSPS) is 14.6. The molecule has 0 saturated heterocycles. The first-order chi connectivity index (χ1) is 14.0. The van der Waals surface area contributed by atoms with E-state index < -0.39 is 0 Å². The van der Waals surface area contributed by atoms with Crippen LogP contribution in [0.15, 0.2) is 48.5 Å². The fraction of sp³-hybridized carbons (Fsp3) is 0.440. The van der Waals surface area contributed by atoms with Crippen LogP contribution in [-0.4, -0.2) is 17.9 Å².